The Morgan fingerprint density at radius 3 is 2.58 bits per heavy atom. The average molecular weight is 425 g/mol. The van der Waals surface area contributed by atoms with E-state index < -0.39 is 18.0 Å². The predicted octanol–water partition coefficient (Wildman–Crippen LogP) is 2.54. The Balaban J connectivity index is 1.49. The number of nitrogens with one attached hydrogen (secondary N) is 3. The predicted molar refractivity (Wildman–Crippen MR) is 115 cm³/mol. The Kier molecular flexibility index (Phi) is 5.36. The average Bonchev–Trinajstić information content (AvgIpc) is 3.28. The fraction of sp³-hybridized carbons (Fsp3) is 0.318. The van der Waals surface area contributed by atoms with E-state index in [1.807, 2.05) is 38.1 Å². The Bertz CT molecular complexity index is 1050. The summed E-state index contributed by atoms with van der Waals surface area (Å²) in [7, 11) is 0. The van der Waals surface area contributed by atoms with Gasteiger partial charge in [-0.25, -0.2) is 19.6 Å². The minimum atomic E-state index is -0.562. The van der Waals surface area contributed by atoms with Gasteiger partial charge in [0.25, 0.3) is 0 Å². The molecule has 2 aromatic carbocycles. The molecule has 0 aromatic heterocycles. The summed E-state index contributed by atoms with van der Waals surface area (Å²) >= 11 is 0. The number of ether oxygens (including phenoxy) is 1. The maximum Gasteiger partial charge on any atom is 0.414 e. The number of benzene rings is 2. The van der Waals surface area contributed by atoms with Crippen LogP contribution in [0, 0.1) is 5.82 Å². The Labute approximate surface area is 179 Å². The van der Waals surface area contributed by atoms with Crippen LogP contribution >= 0.6 is 0 Å². The molecule has 4 rings (SSSR count). The number of halogens is 1. The zero-order valence-corrected chi connectivity index (χ0v) is 17.5. The lowest BCUT2D eigenvalue weighted by molar-refractivity contribution is -0.119. The molecule has 2 amide bonds. The van der Waals surface area contributed by atoms with Crippen molar-refractivity contribution in [2.75, 3.05) is 18.0 Å². The topological polar surface area (TPSA) is 95.1 Å². The van der Waals surface area contributed by atoms with Crippen LogP contribution in [0.2, 0.25) is 0 Å². The summed E-state index contributed by atoms with van der Waals surface area (Å²) in [6.07, 6.45) is -1.04. The molecule has 0 saturated carbocycles. The molecule has 2 heterocycles. The van der Waals surface area contributed by atoms with Gasteiger partial charge in [0.2, 0.25) is 5.91 Å². The summed E-state index contributed by atoms with van der Waals surface area (Å²) in [6.45, 7) is 5.76. The lowest BCUT2D eigenvalue weighted by Crippen LogP contribution is -2.41. The maximum atomic E-state index is 14.9. The van der Waals surface area contributed by atoms with E-state index in [1.54, 1.807) is 12.1 Å². The van der Waals surface area contributed by atoms with Gasteiger partial charge in [-0.15, -0.1) is 0 Å². The highest BCUT2D eigenvalue weighted by atomic mass is 19.1. The van der Waals surface area contributed by atoms with E-state index in [2.05, 4.69) is 21.2 Å². The van der Waals surface area contributed by atoms with Crippen LogP contribution < -0.4 is 21.1 Å². The van der Waals surface area contributed by atoms with E-state index in [0.29, 0.717) is 16.8 Å². The molecule has 162 valence electrons. The highest BCUT2D eigenvalue weighted by molar-refractivity contribution is 6.00. The first-order chi connectivity index (χ1) is 14.7. The van der Waals surface area contributed by atoms with Gasteiger partial charge in [-0.2, -0.15) is 0 Å². The number of carbonyl (C=O) groups is 2. The number of cyclic esters (lactones) is 1. The number of amides is 2. The van der Waals surface area contributed by atoms with Crippen molar-refractivity contribution in [3.05, 3.63) is 53.8 Å². The van der Waals surface area contributed by atoms with Gasteiger partial charge in [0.15, 0.2) is 0 Å². The second kappa shape index (κ2) is 7.99. The minimum absolute atomic E-state index is 0.202. The van der Waals surface area contributed by atoms with Crippen LogP contribution in [0.5, 0.6) is 0 Å². The molecule has 31 heavy (non-hydrogen) atoms. The zero-order valence-electron chi connectivity index (χ0n) is 17.5. The lowest BCUT2D eigenvalue weighted by Gasteiger charge is -2.14. The fourth-order valence-electron chi connectivity index (χ4n) is 3.49. The number of rotatable bonds is 5. The Hall–Kier alpha value is -3.46. The van der Waals surface area contributed by atoms with Gasteiger partial charge in [-0.05, 0) is 37.6 Å². The van der Waals surface area contributed by atoms with Crippen molar-refractivity contribution in [1.82, 2.24) is 16.2 Å². The van der Waals surface area contributed by atoms with Crippen LogP contribution in [0.15, 0.2) is 47.5 Å². The molecule has 0 spiro atoms. The van der Waals surface area contributed by atoms with Gasteiger partial charge in [0.05, 0.1) is 18.8 Å². The summed E-state index contributed by atoms with van der Waals surface area (Å²) in [5.74, 6) is 0.0860. The summed E-state index contributed by atoms with van der Waals surface area (Å²) in [6, 6.07) is 12.1. The fourth-order valence-corrected chi connectivity index (χ4v) is 3.49. The molecule has 0 bridgehead atoms. The highest BCUT2D eigenvalue weighted by Gasteiger charge is 2.32. The number of hydrogen-bond donors (Lipinski definition) is 3. The number of carbonyl (C=O) groups excluding carboxylic acids is 2. The van der Waals surface area contributed by atoms with Crippen molar-refractivity contribution in [2.45, 2.75) is 32.5 Å². The zero-order chi connectivity index (χ0) is 22.2. The highest BCUT2D eigenvalue weighted by Crippen LogP contribution is 2.29. The van der Waals surface area contributed by atoms with E-state index in [0.717, 1.165) is 11.4 Å². The van der Waals surface area contributed by atoms with Crippen molar-refractivity contribution in [3.8, 4) is 11.1 Å². The Morgan fingerprint density at radius 1 is 1.26 bits per heavy atom. The number of hydrazine groups is 1. The molecule has 3 N–H and O–H groups in total. The first kappa shape index (κ1) is 20.8. The Morgan fingerprint density at radius 2 is 1.97 bits per heavy atom. The van der Waals surface area contributed by atoms with Gasteiger partial charge < -0.3 is 15.5 Å². The van der Waals surface area contributed by atoms with Crippen LogP contribution in [0.1, 0.15) is 26.3 Å². The van der Waals surface area contributed by atoms with Crippen LogP contribution in [0.4, 0.5) is 14.9 Å². The van der Waals surface area contributed by atoms with E-state index in [1.165, 1.54) is 17.9 Å². The number of amidine groups is 1. The van der Waals surface area contributed by atoms with Gasteiger partial charge in [0, 0.05) is 18.1 Å². The number of anilines is 1. The van der Waals surface area contributed by atoms with Crippen molar-refractivity contribution in [2.24, 2.45) is 4.99 Å². The van der Waals surface area contributed by atoms with E-state index in [4.69, 9.17) is 4.74 Å². The lowest BCUT2D eigenvalue weighted by atomic mass is 10.0. The normalized spacial score (nSPS) is 19.6. The number of hydrogen-bond acceptors (Lipinski definition) is 6. The molecule has 2 aromatic rings. The van der Waals surface area contributed by atoms with Crippen LogP contribution in [-0.2, 0) is 9.53 Å². The summed E-state index contributed by atoms with van der Waals surface area (Å²) in [5, 5.41) is 2.62. The smallest absolute Gasteiger partial charge is 0.414 e. The van der Waals surface area contributed by atoms with E-state index >= 15 is 0 Å². The van der Waals surface area contributed by atoms with Crippen molar-refractivity contribution >= 4 is 23.5 Å². The third-order valence-corrected chi connectivity index (χ3v) is 5.06. The quantitative estimate of drug-likeness (QED) is 0.684. The first-order valence-electron chi connectivity index (χ1n) is 9.98. The van der Waals surface area contributed by atoms with E-state index in [9.17, 15) is 14.0 Å². The summed E-state index contributed by atoms with van der Waals surface area (Å²) in [5.41, 5.74) is 8.19. The second-order valence-corrected chi connectivity index (χ2v) is 8.06. The molecule has 0 aliphatic carbocycles. The first-order valence-corrected chi connectivity index (χ1v) is 9.98. The molecule has 2 aliphatic heterocycles. The van der Waals surface area contributed by atoms with Gasteiger partial charge >= 0.3 is 6.09 Å². The van der Waals surface area contributed by atoms with Gasteiger partial charge in [0.1, 0.15) is 23.4 Å². The molecule has 1 saturated heterocycles. The van der Waals surface area contributed by atoms with Crippen molar-refractivity contribution < 1.29 is 18.7 Å². The molecular formula is C22H24FN5O3. The molecule has 8 nitrogen and oxygen atoms in total. The third-order valence-electron chi connectivity index (χ3n) is 5.06. The van der Waals surface area contributed by atoms with Crippen molar-refractivity contribution in [1.29, 1.82) is 0 Å². The standard InChI is InChI=1S/C22H24FN5O3/c1-13(29)24-11-17-12-28(21(30)31-17)16-8-9-18(19(23)10-16)14-4-6-15(7-5-14)20-25-22(2,3)27-26-20/h4-10,17,27H,11-12H2,1-3H3,(H,24,29)(H,25,26)/t17-/m0/s1. The van der Waals surface area contributed by atoms with Gasteiger partial charge in [-0.1, -0.05) is 24.3 Å². The van der Waals surface area contributed by atoms with Crippen LogP contribution in [-0.4, -0.2) is 42.7 Å². The van der Waals surface area contributed by atoms with E-state index in [-0.39, 0.29) is 24.7 Å². The molecule has 2 aliphatic rings. The molecule has 1 atom stereocenters. The SMILES string of the molecule is CC(=O)NC[C@H]1CN(c2ccc(-c3ccc(C4=NC(C)(C)NN4)cc3)c(F)c2)C(=O)O1. The largest absolute Gasteiger partial charge is 0.442 e. The summed E-state index contributed by atoms with van der Waals surface area (Å²) in [4.78, 5) is 29.1. The maximum absolute atomic E-state index is 14.9. The second-order valence-electron chi connectivity index (χ2n) is 8.06. The molecular weight excluding hydrogens is 401 g/mol. The molecule has 0 unspecified atom stereocenters. The molecule has 0 radical (unpaired) electrons. The van der Waals surface area contributed by atoms with Crippen LogP contribution in [0.25, 0.3) is 11.1 Å². The minimum Gasteiger partial charge on any atom is -0.442 e. The summed E-state index contributed by atoms with van der Waals surface area (Å²) < 4.78 is 20.1. The van der Waals surface area contributed by atoms with Crippen LogP contribution in [0.3, 0.4) is 0 Å². The van der Waals surface area contributed by atoms with Gasteiger partial charge in [-0.3, -0.25) is 9.69 Å². The molecule has 9 heteroatoms. The van der Waals surface area contributed by atoms with Crippen molar-refractivity contribution in [3.63, 3.8) is 0 Å². The third kappa shape index (κ3) is 4.51. The monoisotopic (exact) mass is 425 g/mol. The number of nitrogens with zero attached hydrogens (tertiary/aromatic N) is 2. The molecule has 1 fully saturated rings. The number of aliphatic imine (C=N–C) groups is 1.